The van der Waals surface area contributed by atoms with Crippen LogP contribution < -0.4 is 4.90 Å². The predicted molar refractivity (Wildman–Crippen MR) is 124 cm³/mol. The molecule has 2 heterocycles. The lowest BCUT2D eigenvalue weighted by Gasteiger charge is -2.57. The molecule has 0 radical (unpaired) electrons. The Labute approximate surface area is 190 Å². The fourth-order valence-corrected chi connectivity index (χ4v) is 8.13. The van der Waals surface area contributed by atoms with Gasteiger partial charge < -0.3 is 14.4 Å². The van der Waals surface area contributed by atoms with Crippen LogP contribution in [0.2, 0.25) is 0 Å². The number of piperidine rings is 1. The third kappa shape index (κ3) is 4.49. The molecule has 0 aromatic carbocycles. The van der Waals surface area contributed by atoms with E-state index in [1.807, 2.05) is 0 Å². The lowest BCUT2D eigenvalue weighted by Crippen LogP contribution is -3.14. The number of carbonyl (C=O) groups excluding carboxylic acids is 1. The Morgan fingerprint density at radius 3 is 2.65 bits per heavy atom. The number of esters is 1. The first-order valence-electron chi connectivity index (χ1n) is 13.1. The van der Waals surface area contributed by atoms with Gasteiger partial charge in [-0.1, -0.05) is 25.5 Å². The molecule has 4 nitrogen and oxygen atoms in total. The maximum absolute atomic E-state index is 12.8. The number of ether oxygens (including phenoxy) is 2. The summed E-state index contributed by atoms with van der Waals surface area (Å²) in [6, 6.07) is 0. The Kier molecular flexibility index (Phi) is 7.18. The molecule has 176 valence electrons. The van der Waals surface area contributed by atoms with E-state index in [1.165, 1.54) is 70.2 Å². The van der Waals surface area contributed by atoms with Crippen LogP contribution in [0, 0.1) is 28.6 Å². The van der Waals surface area contributed by atoms with Gasteiger partial charge in [0.05, 0.1) is 25.6 Å². The first-order valence-corrected chi connectivity index (χ1v) is 13.1. The minimum Gasteiger partial charge on any atom is -0.469 e. The molecule has 1 N–H and O–H groups in total. The minimum absolute atomic E-state index is 0.00320. The lowest BCUT2D eigenvalue weighted by molar-refractivity contribution is -0.908. The summed E-state index contributed by atoms with van der Waals surface area (Å²) in [5.41, 5.74) is 1.27. The van der Waals surface area contributed by atoms with Crippen molar-refractivity contribution in [2.24, 2.45) is 28.6 Å². The summed E-state index contributed by atoms with van der Waals surface area (Å²) in [5, 5.41) is 0. The van der Waals surface area contributed by atoms with Crippen molar-refractivity contribution >= 4 is 5.97 Å². The molecule has 0 amide bonds. The zero-order valence-electron chi connectivity index (χ0n) is 20.3. The second-order valence-electron chi connectivity index (χ2n) is 11.6. The smallest absolute Gasteiger partial charge is 0.311 e. The third-order valence-corrected chi connectivity index (χ3v) is 9.89. The predicted octanol–water partition coefficient (Wildman–Crippen LogP) is 4.19. The average molecular weight is 433 g/mol. The number of hydrogen-bond donors (Lipinski definition) is 1. The third-order valence-electron chi connectivity index (χ3n) is 9.89. The Morgan fingerprint density at radius 1 is 1.13 bits per heavy atom. The molecule has 6 atom stereocenters. The van der Waals surface area contributed by atoms with E-state index < -0.39 is 0 Å². The molecule has 2 aliphatic carbocycles. The summed E-state index contributed by atoms with van der Waals surface area (Å²) in [6.07, 6.45) is 13.8. The topological polar surface area (TPSA) is 40.0 Å². The zero-order valence-corrected chi connectivity index (χ0v) is 20.3. The van der Waals surface area contributed by atoms with E-state index in [-0.39, 0.29) is 16.8 Å². The van der Waals surface area contributed by atoms with Crippen LogP contribution in [-0.2, 0) is 14.3 Å². The second-order valence-corrected chi connectivity index (χ2v) is 11.6. The molecule has 0 spiro atoms. The van der Waals surface area contributed by atoms with Crippen molar-refractivity contribution in [3.05, 3.63) is 12.2 Å². The number of quaternary nitrogens is 1. The summed E-state index contributed by atoms with van der Waals surface area (Å²) in [5.74, 6) is 1.63. The highest BCUT2D eigenvalue weighted by atomic mass is 16.5. The van der Waals surface area contributed by atoms with Crippen LogP contribution in [0.4, 0.5) is 0 Å². The van der Waals surface area contributed by atoms with Crippen LogP contribution in [0.5, 0.6) is 0 Å². The highest BCUT2D eigenvalue weighted by Gasteiger charge is 2.57. The average Bonchev–Trinajstić information content (AvgIpc) is 3.20. The number of likely N-dealkylation sites (tertiary alicyclic amines) is 1. The van der Waals surface area contributed by atoms with Crippen molar-refractivity contribution < 1.29 is 19.2 Å². The quantitative estimate of drug-likeness (QED) is 0.505. The van der Waals surface area contributed by atoms with Crippen LogP contribution >= 0.6 is 0 Å². The van der Waals surface area contributed by atoms with E-state index in [9.17, 15) is 4.79 Å². The normalized spacial score (nSPS) is 41.7. The van der Waals surface area contributed by atoms with E-state index in [0.29, 0.717) is 23.9 Å². The van der Waals surface area contributed by atoms with E-state index >= 15 is 0 Å². The van der Waals surface area contributed by atoms with Gasteiger partial charge in [-0.3, -0.25) is 4.79 Å². The molecule has 31 heavy (non-hydrogen) atoms. The van der Waals surface area contributed by atoms with Crippen LogP contribution in [0.3, 0.4) is 0 Å². The van der Waals surface area contributed by atoms with Gasteiger partial charge in [-0.15, -0.1) is 0 Å². The number of carbonyl (C=O) groups is 1. The van der Waals surface area contributed by atoms with Gasteiger partial charge in [-0.2, -0.15) is 0 Å². The molecular weight excluding hydrogens is 386 g/mol. The standard InChI is InChI=1S/C27H45NO3/c1-20-9-12-24-26(2,14-8-15-27(24,3)25(29)30-4)22(20)11-10-21-13-18-31-23(21)19-28-16-6-5-7-17-28/h21-24H,1,5-19H2,2-4H3/p+1. The summed E-state index contributed by atoms with van der Waals surface area (Å²) in [7, 11) is 1.56. The van der Waals surface area contributed by atoms with Gasteiger partial charge in [0.2, 0.25) is 0 Å². The summed E-state index contributed by atoms with van der Waals surface area (Å²) in [6.45, 7) is 14.0. The fourth-order valence-electron chi connectivity index (χ4n) is 8.13. The summed E-state index contributed by atoms with van der Waals surface area (Å²) < 4.78 is 11.5. The molecule has 4 aliphatic rings. The van der Waals surface area contributed by atoms with Crippen molar-refractivity contribution in [1.29, 1.82) is 0 Å². The van der Waals surface area contributed by atoms with Gasteiger partial charge in [-0.05, 0) is 94.3 Å². The number of allylic oxidation sites excluding steroid dienone is 1. The number of methoxy groups -OCH3 is 1. The largest absolute Gasteiger partial charge is 0.469 e. The zero-order chi connectivity index (χ0) is 22.1. The number of fused-ring (bicyclic) bond motifs is 1. The minimum atomic E-state index is -0.336. The maximum Gasteiger partial charge on any atom is 0.311 e. The second kappa shape index (κ2) is 9.55. The van der Waals surface area contributed by atoms with Gasteiger partial charge in [0.1, 0.15) is 12.6 Å². The molecule has 4 fully saturated rings. The summed E-state index contributed by atoms with van der Waals surface area (Å²) in [4.78, 5) is 14.6. The van der Waals surface area contributed by atoms with Gasteiger partial charge >= 0.3 is 5.97 Å². The van der Waals surface area contributed by atoms with E-state index in [0.717, 1.165) is 32.3 Å². The summed E-state index contributed by atoms with van der Waals surface area (Å²) >= 11 is 0. The van der Waals surface area contributed by atoms with Crippen molar-refractivity contribution in [3.63, 3.8) is 0 Å². The SMILES string of the molecule is C=C1CCC2C(C)(C(=O)OC)CCCC2(C)C1CCC1CCOC1C[NH+]1CCCCC1. The van der Waals surface area contributed by atoms with Gasteiger partial charge in [-0.25, -0.2) is 0 Å². The monoisotopic (exact) mass is 432 g/mol. The Hall–Kier alpha value is -0.870. The molecule has 4 rings (SSSR count). The number of nitrogens with one attached hydrogen (secondary N) is 1. The molecule has 2 aliphatic heterocycles. The van der Waals surface area contributed by atoms with Crippen LogP contribution in [-0.4, -0.2) is 45.4 Å². The van der Waals surface area contributed by atoms with Gasteiger partial charge in [0.25, 0.3) is 0 Å². The Balaban J connectivity index is 1.43. The Bertz CT molecular complexity index is 657. The number of hydrogen-bond acceptors (Lipinski definition) is 3. The molecular formula is C27H46NO3+. The highest BCUT2D eigenvalue weighted by molar-refractivity contribution is 5.77. The van der Waals surface area contributed by atoms with Crippen molar-refractivity contribution in [2.45, 2.75) is 90.6 Å². The maximum atomic E-state index is 12.8. The first kappa shape index (κ1) is 23.3. The van der Waals surface area contributed by atoms with Crippen LogP contribution in [0.1, 0.15) is 84.5 Å². The van der Waals surface area contributed by atoms with Crippen molar-refractivity contribution in [2.75, 3.05) is 33.4 Å². The molecule has 2 saturated heterocycles. The van der Waals surface area contributed by atoms with Crippen LogP contribution in [0.25, 0.3) is 0 Å². The lowest BCUT2D eigenvalue weighted by atomic mass is 9.46. The molecule has 2 saturated carbocycles. The van der Waals surface area contributed by atoms with Crippen molar-refractivity contribution in [3.8, 4) is 0 Å². The molecule has 0 bridgehead atoms. The fraction of sp³-hybridized carbons (Fsp3) is 0.889. The number of rotatable bonds is 6. The van der Waals surface area contributed by atoms with Gasteiger partial charge in [0, 0.05) is 6.61 Å². The Morgan fingerprint density at radius 2 is 1.90 bits per heavy atom. The van der Waals surface area contributed by atoms with Crippen molar-refractivity contribution in [1.82, 2.24) is 0 Å². The van der Waals surface area contributed by atoms with Gasteiger partial charge in [0.15, 0.2) is 0 Å². The highest BCUT2D eigenvalue weighted by Crippen LogP contribution is 2.62. The van der Waals surface area contributed by atoms with E-state index in [4.69, 9.17) is 9.47 Å². The molecule has 0 aromatic rings. The molecule has 4 heteroatoms. The first-order chi connectivity index (χ1) is 14.9. The van der Waals surface area contributed by atoms with E-state index in [2.05, 4.69) is 20.4 Å². The van der Waals surface area contributed by atoms with E-state index in [1.54, 1.807) is 12.0 Å². The molecule has 0 aromatic heterocycles. The molecule has 6 unspecified atom stereocenters. The van der Waals surface area contributed by atoms with Crippen LogP contribution in [0.15, 0.2) is 12.2 Å².